The molecule has 1 unspecified atom stereocenters. The van der Waals surface area contributed by atoms with Crippen molar-refractivity contribution in [1.29, 1.82) is 0 Å². The van der Waals surface area contributed by atoms with Gasteiger partial charge in [0.05, 0.1) is 6.61 Å². The van der Waals surface area contributed by atoms with E-state index in [-0.39, 0.29) is 5.78 Å². The highest BCUT2D eigenvalue weighted by molar-refractivity contribution is 8.03. The highest BCUT2D eigenvalue weighted by atomic mass is 35.5. The van der Waals surface area contributed by atoms with Gasteiger partial charge in [-0.25, -0.2) is 0 Å². The normalized spacial score (nSPS) is 27.3. The minimum absolute atomic E-state index is 0.169. The van der Waals surface area contributed by atoms with Crippen LogP contribution in [0.25, 0.3) is 0 Å². The minimum atomic E-state index is -1.03. The molecule has 82 valence electrons. The van der Waals surface area contributed by atoms with Crippen molar-refractivity contribution in [3.05, 3.63) is 28.8 Å². The third-order valence-corrected chi connectivity index (χ3v) is 4.57. The molecule has 0 aliphatic carbocycles. The van der Waals surface area contributed by atoms with E-state index in [0.29, 0.717) is 23.6 Å². The summed E-state index contributed by atoms with van der Waals surface area (Å²) in [6.07, 6.45) is 0.446. The summed E-state index contributed by atoms with van der Waals surface area (Å²) in [4.78, 5) is 24.7. The van der Waals surface area contributed by atoms with Crippen LogP contribution >= 0.6 is 23.4 Å². The number of carbonyl (C=O) groups excluding carboxylic acids is 2. The largest absolute Gasteiger partial charge is 0.464 e. The molecule has 0 N–H and O–H groups in total. The van der Waals surface area contributed by atoms with Crippen molar-refractivity contribution in [3.63, 3.8) is 0 Å². The molecule has 0 radical (unpaired) electrons. The van der Waals surface area contributed by atoms with Crippen LogP contribution in [0.2, 0.25) is 5.02 Å². The maximum absolute atomic E-state index is 12.2. The molecule has 2 aliphatic heterocycles. The average Bonchev–Trinajstić information content (AvgIpc) is 2.75. The molecule has 2 aliphatic rings. The van der Waals surface area contributed by atoms with E-state index in [1.54, 1.807) is 18.2 Å². The van der Waals surface area contributed by atoms with Crippen molar-refractivity contribution >= 4 is 35.1 Å². The SMILES string of the molecule is O=C1OCCC12Sc1ccc(Cl)cc1C2=O. The van der Waals surface area contributed by atoms with Crippen LogP contribution in [-0.4, -0.2) is 23.1 Å². The number of ether oxygens (including phenoxy) is 1. The lowest BCUT2D eigenvalue weighted by molar-refractivity contribution is -0.138. The number of halogens is 1. The summed E-state index contributed by atoms with van der Waals surface area (Å²) in [6.45, 7) is 0.319. The van der Waals surface area contributed by atoms with E-state index in [0.717, 1.165) is 4.90 Å². The van der Waals surface area contributed by atoms with Crippen molar-refractivity contribution in [2.24, 2.45) is 0 Å². The number of esters is 1. The summed E-state index contributed by atoms with van der Waals surface area (Å²) in [5.74, 6) is -0.590. The molecule has 1 aromatic rings. The summed E-state index contributed by atoms with van der Waals surface area (Å²) in [6, 6.07) is 5.12. The fourth-order valence-corrected chi connectivity index (χ4v) is 3.50. The van der Waals surface area contributed by atoms with Crippen LogP contribution < -0.4 is 0 Å². The molecule has 1 atom stereocenters. The molecule has 2 heterocycles. The number of benzene rings is 1. The first-order valence-corrected chi connectivity index (χ1v) is 6.03. The summed E-state index contributed by atoms with van der Waals surface area (Å²) < 4.78 is 3.87. The predicted molar refractivity (Wildman–Crippen MR) is 59.9 cm³/mol. The summed E-state index contributed by atoms with van der Waals surface area (Å²) in [7, 11) is 0. The van der Waals surface area contributed by atoms with Crippen molar-refractivity contribution in [2.45, 2.75) is 16.1 Å². The van der Waals surface area contributed by atoms with E-state index < -0.39 is 10.7 Å². The van der Waals surface area contributed by atoms with E-state index in [9.17, 15) is 9.59 Å². The third kappa shape index (κ3) is 1.17. The summed E-state index contributed by atoms with van der Waals surface area (Å²) in [5, 5.41) is 0.510. The second-order valence-corrected chi connectivity index (χ2v) is 5.56. The Bertz CT molecular complexity index is 514. The van der Waals surface area contributed by atoms with E-state index >= 15 is 0 Å². The van der Waals surface area contributed by atoms with Crippen LogP contribution in [-0.2, 0) is 9.53 Å². The van der Waals surface area contributed by atoms with Crippen LogP contribution in [0.5, 0.6) is 0 Å². The Hall–Kier alpha value is -1.00. The van der Waals surface area contributed by atoms with Crippen molar-refractivity contribution in [3.8, 4) is 0 Å². The summed E-state index contributed by atoms with van der Waals surface area (Å²) >= 11 is 7.13. The molecule has 0 aromatic heterocycles. The number of thioether (sulfide) groups is 1. The average molecular weight is 255 g/mol. The lowest BCUT2D eigenvalue weighted by Crippen LogP contribution is -2.36. The molecule has 3 nitrogen and oxygen atoms in total. The van der Waals surface area contributed by atoms with Gasteiger partial charge in [0.2, 0.25) is 0 Å². The number of fused-ring (bicyclic) bond motifs is 1. The molecule has 1 aromatic carbocycles. The van der Waals surface area contributed by atoms with Gasteiger partial charge in [-0.2, -0.15) is 0 Å². The Kier molecular flexibility index (Phi) is 2.06. The second-order valence-electron chi connectivity index (χ2n) is 3.78. The lowest BCUT2D eigenvalue weighted by atomic mass is 9.96. The minimum Gasteiger partial charge on any atom is -0.464 e. The first-order valence-electron chi connectivity index (χ1n) is 4.84. The van der Waals surface area contributed by atoms with Gasteiger partial charge in [-0.05, 0) is 18.2 Å². The van der Waals surface area contributed by atoms with Crippen LogP contribution in [0.3, 0.4) is 0 Å². The van der Waals surface area contributed by atoms with Gasteiger partial charge in [0.25, 0.3) is 0 Å². The maximum atomic E-state index is 12.2. The van der Waals surface area contributed by atoms with Crippen molar-refractivity contribution < 1.29 is 14.3 Å². The van der Waals surface area contributed by atoms with Gasteiger partial charge >= 0.3 is 5.97 Å². The smallest absolute Gasteiger partial charge is 0.330 e. The molecule has 0 amide bonds. The molecule has 1 saturated heterocycles. The molecular formula is C11H7ClO3S. The Morgan fingerprint density at radius 1 is 1.38 bits per heavy atom. The van der Waals surface area contributed by atoms with Gasteiger partial charge in [-0.1, -0.05) is 23.4 Å². The quantitative estimate of drug-likeness (QED) is 0.526. The second kappa shape index (κ2) is 3.25. The zero-order chi connectivity index (χ0) is 11.3. The first kappa shape index (κ1) is 10.2. The van der Waals surface area contributed by atoms with Crippen LogP contribution in [0, 0.1) is 0 Å². The summed E-state index contributed by atoms with van der Waals surface area (Å²) in [5.41, 5.74) is 0.538. The molecule has 1 fully saturated rings. The number of hydrogen-bond acceptors (Lipinski definition) is 4. The zero-order valence-corrected chi connectivity index (χ0v) is 9.73. The molecule has 3 rings (SSSR count). The van der Waals surface area contributed by atoms with Crippen LogP contribution in [0.15, 0.2) is 23.1 Å². The van der Waals surface area contributed by atoms with Gasteiger partial charge in [0, 0.05) is 21.9 Å². The maximum Gasteiger partial charge on any atom is 0.330 e. The number of ketones is 1. The van der Waals surface area contributed by atoms with E-state index in [1.165, 1.54) is 11.8 Å². The zero-order valence-electron chi connectivity index (χ0n) is 8.16. The molecular weight excluding hydrogens is 248 g/mol. The standard InChI is InChI=1S/C11H7ClO3S/c12-6-1-2-8-7(5-6)9(13)11(16-8)3-4-15-10(11)14/h1-2,5H,3-4H2. The third-order valence-electron chi connectivity index (χ3n) is 2.85. The number of hydrogen-bond donors (Lipinski definition) is 0. The lowest BCUT2D eigenvalue weighted by Gasteiger charge is -2.13. The van der Waals surface area contributed by atoms with Gasteiger partial charge in [0.15, 0.2) is 10.5 Å². The van der Waals surface area contributed by atoms with Gasteiger partial charge < -0.3 is 4.74 Å². The Balaban J connectivity index is 2.13. The molecule has 5 heteroatoms. The van der Waals surface area contributed by atoms with E-state index in [1.807, 2.05) is 0 Å². The van der Waals surface area contributed by atoms with Gasteiger partial charge in [-0.15, -0.1) is 0 Å². The highest BCUT2D eigenvalue weighted by Gasteiger charge is 2.56. The van der Waals surface area contributed by atoms with E-state index in [4.69, 9.17) is 16.3 Å². The molecule has 16 heavy (non-hydrogen) atoms. The van der Waals surface area contributed by atoms with Gasteiger partial charge in [0.1, 0.15) is 0 Å². The van der Waals surface area contributed by atoms with Crippen molar-refractivity contribution in [2.75, 3.05) is 6.61 Å². The first-order chi connectivity index (χ1) is 7.63. The monoisotopic (exact) mass is 254 g/mol. The fourth-order valence-electron chi connectivity index (χ4n) is 2.03. The van der Waals surface area contributed by atoms with Gasteiger partial charge in [-0.3, -0.25) is 9.59 Å². The number of cyclic esters (lactones) is 1. The van der Waals surface area contributed by atoms with Crippen molar-refractivity contribution in [1.82, 2.24) is 0 Å². The topological polar surface area (TPSA) is 43.4 Å². The Morgan fingerprint density at radius 3 is 2.88 bits per heavy atom. The highest BCUT2D eigenvalue weighted by Crippen LogP contribution is 2.50. The molecule has 0 bridgehead atoms. The van der Waals surface area contributed by atoms with Crippen LogP contribution in [0.4, 0.5) is 0 Å². The molecule has 1 spiro atoms. The number of carbonyl (C=O) groups is 2. The molecule has 0 saturated carbocycles. The van der Waals surface area contributed by atoms with E-state index in [2.05, 4.69) is 0 Å². The fraction of sp³-hybridized carbons (Fsp3) is 0.273. The predicted octanol–water partition coefficient (Wildman–Crippen LogP) is 2.31. The van der Waals surface area contributed by atoms with Crippen LogP contribution in [0.1, 0.15) is 16.8 Å². The number of rotatable bonds is 0. The Labute approximate surface area is 101 Å². The number of Topliss-reactive ketones (excluding diaryl/α,β-unsaturated/α-hetero) is 1. The Morgan fingerprint density at radius 2 is 2.19 bits per heavy atom.